The first-order chi connectivity index (χ1) is 8.65. The molecule has 18 heavy (non-hydrogen) atoms. The number of pyridine rings is 1. The second-order valence-corrected chi connectivity index (χ2v) is 4.88. The predicted octanol–water partition coefficient (Wildman–Crippen LogP) is 0.737. The molecule has 98 valence electrons. The Labute approximate surface area is 106 Å². The maximum atomic E-state index is 11.7. The molecule has 5 heteroatoms. The summed E-state index contributed by atoms with van der Waals surface area (Å²) in [5, 5.41) is 2.88. The fourth-order valence-corrected chi connectivity index (χ4v) is 2.36. The zero-order chi connectivity index (χ0) is 13.0. The monoisotopic (exact) mass is 249 g/mol. The quantitative estimate of drug-likeness (QED) is 0.826. The maximum absolute atomic E-state index is 11.7. The number of nitrogens with two attached hydrogens (primary N) is 1. The van der Waals surface area contributed by atoms with Gasteiger partial charge in [-0.05, 0) is 24.8 Å². The van der Waals surface area contributed by atoms with E-state index in [1.54, 1.807) is 0 Å². The summed E-state index contributed by atoms with van der Waals surface area (Å²) in [6.45, 7) is 0.756. The van der Waals surface area contributed by atoms with Crippen LogP contribution in [0.2, 0.25) is 0 Å². The minimum atomic E-state index is -0.208. The Kier molecular flexibility index (Phi) is 4.02. The fourth-order valence-electron chi connectivity index (χ4n) is 2.36. The van der Waals surface area contributed by atoms with Crippen LogP contribution in [0.25, 0.3) is 0 Å². The molecule has 1 fully saturated rings. The lowest BCUT2D eigenvalue weighted by atomic mass is 10.1. The first-order valence-electron chi connectivity index (χ1n) is 6.38. The van der Waals surface area contributed by atoms with E-state index >= 15 is 0 Å². The highest BCUT2D eigenvalue weighted by Gasteiger charge is 2.15. The van der Waals surface area contributed by atoms with Crippen molar-refractivity contribution in [3.8, 4) is 0 Å². The number of nitrogens with one attached hydrogen (secondary N) is 1. The molecule has 5 nitrogen and oxygen atoms in total. The summed E-state index contributed by atoms with van der Waals surface area (Å²) in [6, 6.07) is 2.91. The Morgan fingerprint density at radius 2 is 2.11 bits per heavy atom. The summed E-state index contributed by atoms with van der Waals surface area (Å²) in [5.41, 5.74) is 5.86. The van der Waals surface area contributed by atoms with Gasteiger partial charge in [-0.25, -0.2) is 0 Å². The third kappa shape index (κ3) is 3.35. The van der Waals surface area contributed by atoms with Crippen molar-refractivity contribution in [1.82, 2.24) is 9.88 Å². The van der Waals surface area contributed by atoms with E-state index in [4.69, 9.17) is 5.73 Å². The van der Waals surface area contributed by atoms with Gasteiger partial charge < -0.3 is 15.6 Å². The summed E-state index contributed by atoms with van der Waals surface area (Å²) in [5.74, 6) is 0.473. The van der Waals surface area contributed by atoms with E-state index < -0.39 is 0 Å². The number of hydrogen-bond acceptors (Lipinski definition) is 3. The number of rotatable bonds is 4. The number of carbonyl (C=O) groups excluding carboxylic acids is 1. The lowest BCUT2D eigenvalue weighted by Crippen LogP contribution is -2.34. The molecule has 1 amide bonds. The van der Waals surface area contributed by atoms with Crippen LogP contribution in [0, 0.1) is 5.92 Å². The zero-order valence-corrected chi connectivity index (χ0v) is 10.4. The number of amides is 1. The molecule has 2 rings (SSSR count). The van der Waals surface area contributed by atoms with Crippen LogP contribution < -0.4 is 16.6 Å². The minimum Gasteiger partial charge on any atom is -0.398 e. The molecular weight excluding hydrogens is 230 g/mol. The molecule has 1 aliphatic carbocycles. The molecule has 0 saturated heterocycles. The van der Waals surface area contributed by atoms with Crippen LogP contribution in [0.4, 0.5) is 5.69 Å². The molecule has 1 aliphatic rings. The van der Waals surface area contributed by atoms with Crippen molar-refractivity contribution < 1.29 is 4.79 Å². The van der Waals surface area contributed by atoms with Crippen LogP contribution in [0.5, 0.6) is 0 Å². The van der Waals surface area contributed by atoms with Gasteiger partial charge in [-0.15, -0.1) is 0 Å². The number of carbonyl (C=O) groups is 1. The van der Waals surface area contributed by atoms with Gasteiger partial charge in [0.25, 0.3) is 5.56 Å². The lowest BCUT2D eigenvalue weighted by molar-refractivity contribution is -0.121. The molecule has 1 aromatic rings. The average Bonchev–Trinajstić information content (AvgIpc) is 2.84. The molecule has 3 N–H and O–H groups in total. The van der Waals surface area contributed by atoms with Crippen molar-refractivity contribution in [3.05, 3.63) is 28.7 Å². The molecule has 0 spiro atoms. The van der Waals surface area contributed by atoms with Crippen LogP contribution in [0.1, 0.15) is 25.7 Å². The van der Waals surface area contributed by atoms with E-state index in [0.29, 0.717) is 11.6 Å². The molecule has 0 unspecified atom stereocenters. The minimum absolute atomic E-state index is 0.0383. The molecule has 0 radical (unpaired) electrons. The third-order valence-electron chi connectivity index (χ3n) is 3.38. The molecule has 0 atom stereocenters. The second-order valence-electron chi connectivity index (χ2n) is 4.88. The van der Waals surface area contributed by atoms with Crippen LogP contribution in [-0.4, -0.2) is 17.0 Å². The van der Waals surface area contributed by atoms with Crippen molar-refractivity contribution in [1.29, 1.82) is 0 Å². The lowest BCUT2D eigenvalue weighted by Gasteiger charge is -2.11. The molecule has 0 aromatic carbocycles. The molecule has 1 saturated carbocycles. The maximum Gasteiger partial charge on any atom is 0.251 e. The Morgan fingerprint density at radius 1 is 1.39 bits per heavy atom. The highest BCUT2D eigenvalue weighted by atomic mass is 16.2. The van der Waals surface area contributed by atoms with E-state index in [1.807, 2.05) is 0 Å². The first kappa shape index (κ1) is 12.7. The number of hydrogen-bond donors (Lipinski definition) is 2. The molecule has 0 aliphatic heterocycles. The second kappa shape index (κ2) is 5.71. The smallest absolute Gasteiger partial charge is 0.251 e. The summed E-state index contributed by atoms with van der Waals surface area (Å²) in [7, 11) is 0. The van der Waals surface area contributed by atoms with Gasteiger partial charge >= 0.3 is 0 Å². The molecule has 1 heterocycles. The highest BCUT2D eigenvalue weighted by Crippen LogP contribution is 2.23. The third-order valence-corrected chi connectivity index (χ3v) is 3.38. The first-order valence-corrected chi connectivity index (χ1v) is 6.38. The largest absolute Gasteiger partial charge is 0.398 e. The van der Waals surface area contributed by atoms with Gasteiger partial charge in [0.1, 0.15) is 6.54 Å². The van der Waals surface area contributed by atoms with E-state index in [0.717, 1.165) is 6.54 Å². The predicted molar refractivity (Wildman–Crippen MR) is 70.1 cm³/mol. The van der Waals surface area contributed by atoms with E-state index in [2.05, 4.69) is 5.32 Å². The van der Waals surface area contributed by atoms with Gasteiger partial charge in [0.15, 0.2) is 0 Å². The Hall–Kier alpha value is -1.78. The zero-order valence-electron chi connectivity index (χ0n) is 10.4. The van der Waals surface area contributed by atoms with Gasteiger partial charge in [0, 0.05) is 24.5 Å². The van der Waals surface area contributed by atoms with Gasteiger partial charge in [0.2, 0.25) is 5.91 Å². The highest BCUT2D eigenvalue weighted by molar-refractivity contribution is 5.75. The van der Waals surface area contributed by atoms with Crippen molar-refractivity contribution >= 4 is 11.6 Å². The standard InChI is InChI=1S/C13H19N3O2/c14-11-5-6-13(18)16(8-11)9-12(17)15-7-10-3-1-2-4-10/h5-6,8,10H,1-4,7,9,14H2,(H,15,17). The van der Waals surface area contributed by atoms with Crippen molar-refractivity contribution in [2.75, 3.05) is 12.3 Å². The average molecular weight is 249 g/mol. The van der Waals surface area contributed by atoms with E-state index in [1.165, 1.54) is 48.6 Å². The van der Waals surface area contributed by atoms with Crippen LogP contribution in [0.15, 0.2) is 23.1 Å². The van der Waals surface area contributed by atoms with Gasteiger partial charge in [-0.3, -0.25) is 9.59 Å². The van der Waals surface area contributed by atoms with Crippen LogP contribution in [0.3, 0.4) is 0 Å². The Balaban J connectivity index is 1.86. The summed E-state index contributed by atoms with van der Waals surface area (Å²) >= 11 is 0. The van der Waals surface area contributed by atoms with Gasteiger partial charge in [-0.2, -0.15) is 0 Å². The summed E-state index contributed by atoms with van der Waals surface area (Å²) in [6.07, 6.45) is 6.40. The number of aromatic nitrogens is 1. The normalized spacial score (nSPS) is 15.8. The molecule has 1 aromatic heterocycles. The molecule has 0 bridgehead atoms. The number of nitrogen functional groups attached to an aromatic ring is 1. The molecular formula is C13H19N3O2. The van der Waals surface area contributed by atoms with Crippen molar-refractivity contribution in [2.45, 2.75) is 32.2 Å². The van der Waals surface area contributed by atoms with Crippen LogP contribution >= 0.6 is 0 Å². The van der Waals surface area contributed by atoms with Gasteiger partial charge in [0.05, 0.1) is 0 Å². The Morgan fingerprint density at radius 3 is 2.83 bits per heavy atom. The summed E-state index contributed by atoms with van der Waals surface area (Å²) < 4.78 is 1.33. The van der Waals surface area contributed by atoms with Crippen LogP contribution in [-0.2, 0) is 11.3 Å². The Bertz CT molecular complexity index is 475. The van der Waals surface area contributed by atoms with Crippen molar-refractivity contribution in [3.63, 3.8) is 0 Å². The van der Waals surface area contributed by atoms with Gasteiger partial charge in [-0.1, -0.05) is 12.8 Å². The van der Waals surface area contributed by atoms with E-state index in [9.17, 15) is 9.59 Å². The van der Waals surface area contributed by atoms with E-state index in [-0.39, 0.29) is 18.0 Å². The number of anilines is 1. The fraction of sp³-hybridized carbons (Fsp3) is 0.538. The topological polar surface area (TPSA) is 77.1 Å². The number of nitrogens with zero attached hydrogens (tertiary/aromatic N) is 1. The van der Waals surface area contributed by atoms with Crippen molar-refractivity contribution in [2.24, 2.45) is 5.92 Å². The SMILES string of the molecule is Nc1ccc(=O)n(CC(=O)NCC2CCCC2)c1. The summed E-state index contributed by atoms with van der Waals surface area (Å²) in [4.78, 5) is 23.2.